The molecule has 0 amide bonds. The number of nitrogens with one attached hydrogen (secondary N) is 2. The fraction of sp³-hybridized carbons (Fsp3) is 0.278. The van der Waals surface area contributed by atoms with Gasteiger partial charge < -0.3 is 15.4 Å². The highest BCUT2D eigenvalue weighted by atomic mass is 32.2. The van der Waals surface area contributed by atoms with Crippen LogP contribution < -0.4 is 15.4 Å². The Morgan fingerprint density at radius 1 is 1.04 bits per heavy atom. The highest BCUT2D eigenvalue weighted by molar-refractivity contribution is 7.90. The van der Waals surface area contributed by atoms with E-state index in [2.05, 4.69) is 15.6 Å². The first-order valence-corrected chi connectivity index (χ1v) is 9.79. The second kappa shape index (κ2) is 9.08. The third-order valence-corrected chi connectivity index (χ3v) is 4.57. The summed E-state index contributed by atoms with van der Waals surface area (Å²) in [6.45, 7) is 1.68. The Morgan fingerprint density at radius 2 is 1.72 bits per heavy atom. The molecule has 0 aliphatic rings. The molecular formula is C18H23N3O3S. The Morgan fingerprint density at radius 3 is 2.32 bits per heavy atom. The van der Waals surface area contributed by atoms with E-state index < -0.39 is 9.84 Å². The molecule has 0 heterocycles. The monoisotopic (exact) mass is 361 g/mol. The molecule has 0 spiro atoms. The van der Waals surface area contributed by atoms with Crippen molar-refractivity contribution in [3.63, 3.8) is 0 Å². The number of ether oxygens (including phenoxy) is 1. The number of hydrogen-bond acceptors (Lipinski definition) is 4. The molecule has 0 fully saturated rings. The summed E-state index contributed by atoms with van der Waals surface area (Å²) in [4.78, 5) is 4.46. The van der Waals surface area contributed by atoms with Crippen LogP contribution in [0.15, 0.2) is 64.5 Å². The molecule has 0 radical (unpaired) electrons. The Hall–Kier alpha value is -2.54. The van der Waals surface area contributed by atoms with Crippen molar-refractivity contribution in [2.24, 2.45) is 4.99 Å². The zero-order chi connectivity index (χ0) is 18.1. The average molecular weight is 361 g/mol. The van der Waals surface area contributed by atoms with E-state index in [1.807, 2.05) is 30.3 Å². The summed E-state index contributed by atoms with van der Waals surface area (Å²) in [6, 6.07) is 16.4. The van der Waals surface area contributed by atoms with Crippen LogP contribution in [-0.2, 0) is 16.4 Å². The Bertz CT molecular complexity index is 788. The molecule has 7 heteroatoms. The molecule has 0 unspecified atom stereocenters. The van der Waals surface area contributed by atoms with Crippen LogP contribution in [0.3, 0.4) is 0 Å². The van der Waals surface area contributed by atoms with Crippen molar-refractivity contribution in [1.82, 2.24) is 10.6 Å². The summed E-state index contributed by atoms with van der Waals surface area (Å²) in [5.74, 6) is 1.49. The molecule has 0 saturated heterocycles. The number of benzene rings is 2. The topological polar surface area (TPSA) is 79.8 Å². The van der Waals surface area contributed by atoms with Gasteiger partial charge >= 0.3 is 0 Å². The van der Waals surface area contributed by atoms with Gasteiger partial charge in [0.15, 0.2) is 15.8 Å². The summed E-state index contributed by atoms with van der Waals surface area (Å²) in [7, 11) is -1.47. The Kier molecular flexibility index (Phi) is 6.82. The molecule has 2 aromatic rings. The summed E-state index contributed by atoms with van der Waals surface area (Å²) in [5.41, 5.74) is 0.968. The fourth-order valence-electron chi connectivity index (χ4n) is 2.12. The molecule has 2 rings (SSSR count). The zero-order valence-electron chi connectivity index (χ0n) is 14.4. The number of rotatable bonds is 7. The maximum absolute atomic E-state index is 11.4. The second-order valence-electron chi connectivity index (χ2n) is 5.43. The molecule has 0 bridgehead atoms. The van der Waals surface area contributed by atoms with E-state index in [-0.39, 0.29) is 0 Å². The van der Waals surface area contributed by atoms with Crippen molar-refractivity contribution < 1.29 is 13.2 Å². The van der Waals surface area contributed by atoms with Crippen LogP contribution in [0.1, 0.15) is 5.56 Å². The van der Waals surface area contributed by atoms with E-state index in [1.165, 1.54) is 6.26 Å². The quantitative estimate of drug-likeness (QED) is 0.447. The average Bonchev–Trinajstić information content (AvgIpc) is 2.61. The van der Waals surface area contributed by atoms with Crippen LogP contribution >= 0.6 is 0 Å². The van der Waals surface area contributed by atoms with Gasteiger partial charge in [0, 0.05) is 19.8 Å². The van der Waals surface area contributed by atoms with E-state index in [0.29, 0.717) is 30.6 Å². The fourth-order valence-corrected chi connectivity index (χ4v) is 2.75. The standard InChI is InChI=1S/C18H23N3O3S/c1-19-18(20-12-13-24-16-6-4-3-5-7-16)21-14-15-8-10-17(11-9-15)25(2,22)23/h3-11H,12-14H2,1-2H3,(H2,19,20,21). The van der Waals surface area contributed by atoms with Gasteiger partial charge in [-0.25, -0.2) is 8.42 Å². The maximum atomic E-state index is 11.4. The summed E-state index contributed by atoms with van der Waals surface area (Å²) in [6.07, 6.45) is 1.20. The number of sulfone groups is 1. The van der Waals surface area contributed by atoms with E-state index in [9.17, 15) is 8.42 Å². The largest absolute Gasteiger partial charge is 0.492 e. The third kappa shape index (κ3) is 6.46. The lowest BCUT2D eigenvalue weighted by Gasteiger charge is -2.12. The lowest BCUT2D eigenvalue weighted by atomic mass is 10.2. The normalized spacial score (nSPS) is 11.8. The number of guanidine groups is 1. The van der Waals surface area contributed by atoms with Gasteiger partial charge in [0.25, 0.3) is 0 Å². The van der Waals surface area contributed by atoms with Crippen molar-refractivity contribution in [1.29, 1.82) is 0 Å². The van der Waals surface area contributed by atoms with Crippen molar-refractivity contribution in [3.8, 4) is 5.75 Å². The number of nitrogens with zero attached hydrogens (tertiary/aromatic N) is 1. The van der Waals surface area contributed by atoms with Gasteiger partial charge in [0.2, 0.25) is 0 Å². The molecule has 25 heavy (non-hydrogen) atoms. The van der Waals surface area contributed by atoms with Gasteiger partial charge in [-0.05, 0) is 29.8 Å². The minimum absolute atomic E-state index is 0.316. The lowest BCUT2D eigenvalue weighted by Crippen LogP contribution is -2.38. The van der Waals surface area contributed by atoms with Crippen molar-refractivity contribution in [3.05, 3.63) is 60.2 Å². The predicted molar refractivity (Wildman–Crippen MR) is 99.7 cm³/mol. The molecule has 2 aromatic carbocycles. The maximum Gasteiger partial charge on any atom is 0.191 e. The van der Waals surface area contributed by atoms with E-state index >= 15 is 0 Å². The van der Waals surface area contributed by atoms with Crippen LogP contribution in [0.25, 0.3) is 0 Å². The van der Waals surface area contributed by atoms with Crippen LogP contribution in [0, 0.1) is 0 Å². The van der Waals surface area contributed by atoms with Crippen LogP contribution in [-0.4, -0.2) is 40.8 Å². The molecule has 134 valence electrons. The Balaban J connectivity index is 1.74. The second-order valence-corrected chi connectivity index (χ2v) is 7.45. The predicted octanol–water partition coefficient (Wildman–Crippen LogP) is 1.83. The number of aliphatic imine (C=N–C) groups is 1. The zero-order valence-corrected chi connectivity index (χ0v) is 15.2. The molecular weight excluding hydrogens is 338 g/mol. The van der Waals surface area contributed by atoms with Crippen LogP contribution in [0.4, 0.5) is 0 Å². The summed E-state index contributed by atoms with van der Waals surface area (Å²) >= 11 is 0. The van der Waals surface area contributed by atoms with Gasteiger partial charge in [-0.1, -0.05) is 30.3 Å². The van der Waals surface area contributed by atoms with Gasteiger partial charge in [0.05, 0.1) is 11.4 Å². The van der Waals surface area contributed by atoms with Gasteiger partial charge in [-0.3, -0.25) is 4.99 Å². The molecule has 0 aliphatic heterocycles. The molecule has 6 nitrogen and oxygen atoms in total. The van der Waals surface area contributed by atoms with Crippen LogP contribution in [0.5, 0.6) is 5.75 Å². The minimum Gasteiger partial charge on any atom is -0.492 e. The summed E-state index contributed by atoms with van der Waals surface area (Å²) < 4.78 is 28.5. The summed E-state index contributed by atoms with van der Waals surface area (Å²) in [5, 5.41) is 6.34. The van der Waals surface area contributed by atoms with Crippen LogP contribution in [0.2, 0.25) is 0 Å². The van der Waals surface area contributed by atoms with Gasteiger partial charge in [-0.15, -0.1) is 0 Å². The minimum atomic E-state index is -3.16. The molecule has 0 saturated carbocycles. The van der Waals surface area contributed by atoms with E-state index in [0.717, 1.165) is 11.3 Å². The Labute approximate surface area is 148 Å². The highest BCUT2D eigenvalue weighted by Crippen LogP contribution is 2.10. The smallest absolute Gasteiger partial charge is 0.191 e. The van der Waals surface area contributed by atoms with E-state index in [1.54, 1.807) is 31.3 Å². The van der Waals surface area contributed by atoms with Crippen molar-refractivity contribution >= 4 is 15.8 Å². The first-order chi connectivity index (χ1) is 12.0. The SMILES string of the molecule is CN=C(NCCOc1ccccc1)NCc1ccc(S(C)(=O)=O)cc1. The molecule has 0 aromatic heterocycles. The van der Waals surface area contributed by atoms with Crippen molar-refractivity contribution in [2.45, 2.75) is 11.4 Å². The molecule has 2 N–H and O–H groups in total. The first kappa shape index (κ1) is 18.8. The van der Waals surface area contributed by atoms with Gasteiger partial charge in [0.1, 0.15) is 12.4 Å². The number of para-hydroxylation sites is 1. The highest BCUT2D eigenvalue weighted by Gasteiger charge is 2.06. The molecule has 0 aliphatic carbocycles. The van der Waals surface area contributed by atoms with E-state index in [4.69, 9.17) is 4.74 Å². The lowest BCUT2D eigenvalue weighted by molar-refractivity contribution is 0.322. The third-order valence-electron chi connectivity index (χ3n) is 3.44. The first-order valence-electron chi connectivity index (χ1n) is 7.90. The van der Waals surface area contributed by atoms with Crippen molar-refractivity contribution in [2.75, 3.05) is 26.5 Å². The van der Waals surface area contributed by atoms with Gasteiger partial charge in [-0.2, -0.15) is 0 Å². The number of hydrogen-bond donors (Lipinski definition) is 2. The molecule has 0 atom stereocenters.